The van der Waals surface area contributed by atoms with E-state index in [1.54, 1.807) is 0 Å². The van der Waals surface area contributed by atoms with Crippen LogP contribution in [0.2, 0.25) is 0 Å². The summed E-state index contributed by atoms with van der Waals surface area (Å²) in [5.74, 6) is 4.64. The Bertz CT molecular complexity index is 77.9. The van der Waals surface area contributed by atoms with E-state index >= 15 is 0 Å². The summed E-state index contributed by atoms with van der Waals surface area (Å²) in [6.07, 6.45) is 10.3. The van der Waals surface area contributed by atoms with Gasteiger partial charge in [0.15, 0.2) is 0 Å². The van der Waals surface area contributed by atoms with Gasteiger partial charge in [-0.3, -0.25) is 0 Å². The number of rotatable bonds is 0. The van der Waals surface area contributed by atoms with Crippen LogP contribution in [0.3, 0.4) is 0 Å². The van der Waals surface area contributed by atoms with Crippen molar-refractivity contribution in [3.8, 4) is 24.7 Å². The van der Waals surface area contributed by atoms with Gasteiger partial charge in [-0.25, -0.2) is 0 Å². The first kappa shape index (κ1) is 10.1. The lowest BCUT2D eigenvalue weighted by molar-refractivity contribution is 1.28. The zero-order chi connectivity index (χ0) is 6.83. The second-order valence-electron chi connectivity index (χ2n) is 0.966. The normalized spacial score (nSPS) is 5.00. The Morgan fingerprint density at radius 1 is 1.38 bits per heavy atom. The van der Waals surface area contributed by atoms with Crippen LogP contribution in [0.1, 0.15) is 13.3 Å². The number of hydrogen-bond donors (Lipinski definition) is 1. The topological polar surface area (TPSA) is 26.0 Å². The molecule has 0 aliphatic heterocycles. The van der Waals surface area contributed by atoms with Crippen LogP contribution >= 0.6 is 0 Å². The van der Waals surface area contributed by atoms with Gasteiger partial charge in [-0.1, -0.05) is 12.8 Å². The molecule has 0 spiro atoms. The van der Waals surface area contributed by atoms with Crippen molar-refractivity contribution in [2.75, 3.05) is 6.54 Å². The summed E-state index contributed by atoms with van der Waals surface area (Å²) in [7, 11) is 0. The standard InChI is InChI=1S/C4H6.C3H5N/c1-3-4-2;1-2-3-4/h1H,4H2,2H3;1H,3-4H2. The van der Waals surface area contributed by atoms with E-state index in [1.807, 2.05) is 6.92 Å². The molecular formula is C7H11N. The van der Waals surface area contributed by atoms with Crippen molar-refractivity contribution in [3.05, 3.63) is 0 Å². The van der Waals surface area contributed by atoms with Gasteiger partial charge in [0, 0.05) is 6.42 Å². The van der Waals surface area contributed by atoms with Crippen molar-refractivity contribution >= 4 is 0 Å². The van der Waals surface area contributed by atoms with Gasteiger partial charge in [-0.2, -0.15) is 0 Å². The molecule has 0 aromatic rings. The summed E-state index contributed by atoms with van der Waals surface area (Å²) in [6.45, 7) is 2.29. The number of hydrogen-bond acceptors (Lipinski definition) is 1. The molecule has 0 aromatic heterocycles. The summed E-state index contributed by atoms with van der Waals surface area (Å²) in [5.41, 5.74) is 4.79. The van der Waals surface area contributed by atoms with Crippen LogP contribution in [0.15, 0.2) is 0 Å². The lowest BCUT2D eigenvalue weighted by atomic mass is 10.5. The largest absolute Gasteiger partial charge is 0.320 e. The molecule has 0 unspecified atom stereocenters. The summed E-state index contributed by atoms with van der Waals surface area (Å²) >= 11 is 0. The molecule has 0 rings (SSSR count). The highest BCUT2D eigenvalue weighted by atomic mass is 14.5. The van der Waals surface area contributed by atoms with Crippen LogP contribution in [0, 0.1) is 24.7 Å². The van der Waals surface area contributed by atoms with Gasteiger partial charge >= 0.3 is 0 Å². The molecule has 8 heavy (non-hydrogen) atoms. The van der Waals surface area contributed by atoms with Crippen LogP contribution in [0.5, 0.6) is 0 Å². The molecule has 44 valence electrons. The van der Waals surface area contributed by atoms with Gasteiger partial charge in [0.05, 0.1) is 6.54 Å². The second-order valence-corrected chi connectivity index (χ2v) is 0.966. The maximum absolute atomic E-state index is 4.79. The Hall–Kier alpha value is -0.920. The molecule has 1 heteroatoms. The van der Waals surface area contributed by atoms with Gasteiger partial charge in [-0.15, -0.1) is 18.8 Å². The van der Waals surface area contributed by atoms with E-state index in [2.05, 4.69) is 18.3 Å². The Kier molecular flexibility index (Phi) is 21.0. The quantitative estimate of drug-likeness (QED) is 0.453. The lowest BCUT2D eigenvalue weighted by Crippen LogP contribution is -1.91. The van der Waals surface area contributed by atoms with Crippen LogP contribution < -0.4 is 5.73 Å². The van der Waals surface area contributed by atoms with E-state index in [-0.39, 0.29) is 0 Å². The number of terminal acetylenes is 2. The Balaban J connectivity index is 0. The molecule has 0 aliphatic rings. The third-order valence-corrected chi connectivity index (χ3v) is 0.322. The smallest absolute Gasteiger partial charge is 0.0548 e. The molecule has 1 nitrogen and oxygen atoms in total. The van der Waals surface area contributed by atoms with Crippen LogP contribution in [-0.2, 0) is 0 Å². The average molecular weight is 109 g/mol. The van der Waals surface area contributed by atoms with Crippen molar-refractivity contribution in [1.29, 1.82) is 0 Å². The van der Waals surface area contributed by atoms with Crippen molar-refractivity contribution in [3.63, 3.8) is 0 Å². The van der Waals surface area contributed by atoms with E-state index in [1.165, 1.54) is 0 Å². The molecule has 2 N–H and O–H groups in total. The first-order chi connectivity index (χ1) is 3.83. The van der Waals surface area contributed by atoms with Crippen molar-refractivity contribution in [1.82, 2.24) is 0 Å². The van der Waals surface area contributed by atoms with E-state index in [0.29, 0.717) is 6.54 Å². The minimum Gasteiger partial charge on any atom is -0.320 e. The molecular weight excluding hydrogens is 98.1 g/mol. The molecule has 0 aromatic carbocycles. The zero-order valence-electron chi connectivity index (χ0n) is 5.15. The van der Waals surface area contributed by atoms with Crippen molar-refractivity contribution < 1.29 is 0 Å². The Labute approximate surface area is 51.3 Å². The van der Waals surface area contributed by atoms with Crippen molar-refractivity contribution in [2.24, 2.45) is 5.73 Å². The maximum Gasteiger partial charge on any atom is 0.0548 e. The predicted molar refractivity (Wildman–Crippen MR) is 37.0 cm³/mol. The summed E-state index contributed by atoms with van der Waals surface area (Å²) < 4.78 is 0. The van der Waals surface area contributed by atoms with E-state index in [4.69, 9.17) is 12.2 Å². The van der Waals surface area contributed by atoms with Gasteiger partial charge in [-0.05, 0) is 0 Å². The molecule has 0 fully saturated rings. The minimum atomic E-state index is 0.347. The summed E-state index contributed by atoms with van der Waals surface area (Å²) in [4.78, 5) is 0. The fourth-order valence-electron chi connectivity index (χ4n) is 0. The second kappa shape index (κ2) is 16.5. The van der Waals surface area contributed by atoms with E-state index in [9.17, 15) is 0 Å². The Morgan fingerprint density at radius 3 is 1.62 bits per heavy atom. The third-order valence-electron chi connectivity index (χ3n) is 0.322. The molecule has 0 atom stereocenters. The third kappa shape index (κ3) is 72.5. The molecule has 0 radical (unpaired) electrons. The first-order valence-corrected chi connectivity index (χ1v) is 2.40. The highest BCUT2D eigenvalue weighted by molar-refractivity contribution is 4.83. The Morgan fingerprint density at radius 2 is 1.62 bits per heavy atom. The number of nitrogens with two attached hydrogens (primary N) is 1. The fraction of sp³-hybridized carbons (Fsp3) is 0.429. The highest BCUT2D eigenvalue weighted by Crippen LogP contribution is 1.58. The van der Waals surface area contributed by atoms with Gasteiger partial charge < -0.3 is 5.73 Å². The molecule has 0 saturated heterocycles. The predicted octanol–water partition coefficient (Wildman–Crippen LogP) is 0.608. The first-order valence-electron chi connectivity index (χ1n) is 2.40. The van der Waals surface area contributed by atoms with Crippen LogP contribution in [-0.4, -0.2) is 6.54 Å². The van der Waals surface area contributed by atoms with Crippen molar-refractivity contribution in [2.45, 2.75) is 13.3 Å². The fourth-order valence-corrected chi connectivity index (χ4v) is 0. The van der Waals surface area contributed by atoms with E-state index < -0.39 is 0 Å². The SMILES string of the molecule is C#CCC.C#CCN. The maximum atomic E-state index is 4.79. The molecule has 0 heterocycles. The highest BCUT2D eigenvalue weighted by Gasteiger charge is 1.43. The molecule has 0 amide bonds. The van der Waals surface area contributed by atoms with Gasteiger partial charge in [0.1, 0.15) is 0 Å². The minimum absolute atomic E-state index is 0.347. The van der Waals surface area contributed by atoms with Crippen LogP contribution in [0.25, 0.3) is 0 Å². The molecule has 0 aliphatic carbocycles. The van der Waals surface area contributed by atoms with E-state index in [0.717, 1.165) is 6.42 Å². The summed E-state index contributed by atoms with van der Waals surface area (Å²) in [5, 5.41) is 0. The van der Waals surface area contributed by atoms with Crippen LogP contribution in [0.4, 0.5) is 0 Å². The summed E-state index contributed by atoms with van der Waals surface area (Å²) in [6, 6.07) is 0. The average Bonchev–Trinajstić information content (AvgIpc) is 1.88. The monoisotopic (exact) mass is 109 g/mol. The van der Waals surface area contributed by atoms with Gasteiger partial charge in [0.2, 0.25) is 0 Å². The molecule has 0 bridgehead atoms. The molecule has 0 saturated carbocycles. The zero-order valence-corrected chi connectivity index (χ0v) is 5.15. The van der Waals surface area contributed by atoms with Gasteiger partial charge in [0.25, 0.3) is 0 Å². The lowest BCUT2D eigenvalue weighted by Gasteiger charge is -1.56.